The standard InChI is InChI=1S/C17H27BrN4O.HI/c1-6-20-16(21-12-17(2,3)15(23)19-4)22(5)11-13-7-9-14(18)10-8-13;/h7-10H,6,11-12H2,1-5H3,(H,19,23)(H,20,21);1H. The summed E-state index contributed by atoms with van der Waals surface area (Å²) in [6.07, 6.45) is 0. The minimum absolute atomic E-state index is 0. The molecule has 0 aliphatic rings. The zero-order valence-electron chi connectivity index (χ0n) is 15.0. The quantitative estimate of drug-likeness (QED) is 0.351. The average molecular weight is 511 g/mol. The van der Waals surface area contributed by atoms with Crippen LogP contribution in [0.25, 0.3) is 0 Å². The van der Waals surface area contributed by atoms with Gasteiger partial charge in [-0.2, -0.15) is 0 Å². The molecule has 1 aromatic carbocycles. The second kappa shape index (κ2) is 10.9. The first-order valence-electron chi connectivity index (χ1n) is 7.76. The van der Waals surface area contributed by atoms with Crippen LogP contribution in [0.1, 0.15) is 26.3 Å². The number of nitrogens with zero attached hydrogens (tertiary/aromatic N) is 2. The molecule has 0 fully saturated rings. The number of carbonyl (C=O) groups is 1. The molecule has 1 amide bonds. The maximum atomic E-state index is 11.9. The predicted octanol–water partition coefficient (Wildman–Crippen LogP) is 3.24. The number of aliphatic imine (C=N–C) groups is 1. The van der Waals surface area contributed by atoms with Crippen LogP contribution in [-0.2, 0) is 11.3 Å². The van der Waals surface area contributed by atoms with E-state index in [0.29, 0.717) is 6.54 Å². The fourth-order valence-corrected chi connectivity index (χ4v) is 2.36. The van der Waals surface area contributed by atoms with Crippen molar-refractivity contribution in [2.75, 3.05) is 27.2 Å². The van der Waals surface area contributed by atoms with Crippen molar-refractivity contribution in [3.63, 3.8) is 0 Å². The van der Waals surface area contributed by atoms with E-state index >= 15 is 0 Å². The first-order chi connectivity index (χ1) is 10.8. The van der Waals surface area contributed by atoms with Crippen LogP contribution < -0.4 is 10.6 Å². The summed E-state index contributed by atoms with van der Waals surface area (Å²) >= 11 is 3.44. The van der Waals surface area contributed by atoms with Crippen LogP contribution in [0.5, 0.6) is 0 Å². The maximum absolute atomic E-state index is 11.9. The number of hydrogen-bond acceptors (Lipinski definition) is 2. The van der Waals surface area contributed by atoms with Crippen molar-refractivity contribution >= 4 is 51.8 Å². The Kier molecular flexibility index (Phi) is 10.5. The molecule has 0 unspecified atom stereocenters. The number of halogens is 2. The van der Waals surface area contributed by atoms with Gasteiger partial charge in [-0.3, -0.25) is 9.79 Å². The van der Waals surface area contributed by atoms with Crippen LogP contribution in [-0.4, -0.2) is 44.0 Å². The first kappa shape index (κ1) is 23.2. The van der Waals surface area contributed by atoms with Crippen LogP contribution in [0.2, 0.25) is 0 Å². The number of nitrogens with one attached hydrogen (secondary N) is 2. The molecule has 7 heteroatoms. The summed E-state index contributed by atoms with van der Waals surface area (Å²) < 4.78 is 1.07. The highest BCUT2D eigenvalue weighted by atomic mass is 127. The summed E-state index contributed by atoms with van der Waals surface area (Å²) in [7, 11) is 3.65. The van der Waals surface area contributed by atoms with Gasteiger partial charge in [-0.25, -0.2) is 0 Å². The fraction of sp³-hybridized carbons (Fsp3) is 0.529. The van der Waals surface area contributed by atoms with E-state index in [1.807, 2.05) is 40.0 Å². The van der Waals surface area contributed by atoms with Crippen molar-refractivity contribution in [3.8, 4) is 0 Å². The van der Waals surface area contributed by atoms with Crippen molar-refractivity contribution in [1.29, 1.82) is 0 Å². The van der Waals surface area contributed by atoms with E-state index in [-0.39, 0.29) is 29.9 Å². The van der Waals surface area contributed by atoms with Gasteiger partial charge in [0.1, 0.15) is 0 Å². The highest BCUT2D eigenvalue weighted by molar-refractivity contribution is 14.0. The van der Waals surface area contributed by atoms with E-state index in [1.165, 1.54) is 5.56 Å². The highest BCUT2D eigenvalue weighted by Gasteiger charge is 2.26. The van der Waals surface area contributed by atoms with E-state index in [4.69, 9.17) is 0 Å². The Labute approximate surface area is 170 Å². The van der Waals surface area contributed by atoms with Gasteiger partial charge in [-0.05, 0) is 38.5 Å². The Bertz CT molecular complexity index is 546. The normalized spacial score (nSPS) is 11.5. The van der Waals surface area contributed by atoms with Gasteiger partial charge in [0.2, 0.25) is 5.91 Å². The van der Waals surface area contributed by atoms with Crippen LogP contribution in [0.15, 0.2) is 33.7 Å². The predicted molar refractivity (Wildman–Crippen MR) is 115 cm³/mol. The summed E-state index contributed by atoms with van der Waals surface area (Å²) in [6.45, 7) is 7.79. The third-order valence-corrected chi connectivity index (χ3v) is 4.02. The van der Waals surface area contributed by atoms with Crippen LogP contribution in [0.3, 0.4) is 0 Å². The maximum Gasteiger partial charge on any atom is 0.227 e. The molecule has 0 heterocycles. The van der Waals surface area contributed by atoms with E-state index < -0.39 is 5.41 Å². The lowest BCUT2D eigenvalue weighted by Gasteiger charge is -2.25. The molecule has 0 bridgehead atoms. The van der Waals surface area contributed by atoms with Gasteiger partial charge >= 0.3 is 0 Å². The SMILES string of the molecule is CCNC(=NCC(C)(C)C(=O)NC)N(C)Cc1ccc(Br)cc1.I. The Hall–Kier alpha value is -0.830. The lowest BCUT2D eigenvalue weighted by atomic mass is 9.93. The Morgan fingerprint density at radius 2 is 1.88 bits per heavy atom. The minimum Gasteiger partial charge on any atom is -0.359 e. The van der Waals surface area contributed by atoms with Gasteiger partial charge < -0.3 is 15.5 Å². The highest BCUT2D eigenvalue weighted by Crippen LogP contribution is 2.16. The van der Waals surface area contributed by atoms with E-state index in [0.717, 1.165) is 23.5 Å². The zero-order valence-corrected chi connectivity index (χ0v) is 18.9. The van der Waals surface area contributed by atoms with Crippen LogP contribution in [0, 0.1) is 5.41 Å². The van der Waals surface area contributed by atoms with Gasteiger partial charge in [0.25, 0.3) is 0 Å². The minimum atomic E-state index is -0.534. The molecule has 0 aliphatic carbocycles. The van der Waals surface area contributed by atoms with Crippen molar-refractivity contribution in [1.82, 2.24) is 15.5 Å². The van der Waals surface area contributed by atoms with Crippen LogP contribution in [0.4, 0.5) is 0 Å². The molecule has 2 N–H and O–H groups in total. The molecule has 0 aromatic heterocycles. The molecule has 0 aliphatic heterocycles. The van der Waals surface area contributed by atoms with Gasteiger partial charge in [0.05, 0.1) is 12.0 Å². The molecule has 24 heavy (non-hydrogen) atoms. The number of carbonyl (C=O) groups excluding carboxylic acids is 1. The van der Waals surface area contributed by atoms with Gasteiger partial charge in [-0.1, -0.05) is 28.1 Å². The molecule has 5 nitrogen and oxygen atoms in total. The number of rotatable bonds is 6. The molecule has 136 valence electrons. The fourth-order valence-electron chi connectivity index (χ4n) is 2.09. The second-order valence-corrected chi connectivity index (χ2v) is 7.03. The average Bonchev–Trinajstić information content (AvgIpc) is 2.52. The second-order valence-electron chi connectivity index (χ2n) is 6.12. The van der Waals surface area contributed by atoms with Crippen molar-refractivity contribution in [2.24, 2.45) is 10.4 Å². The number of hydrogen-bond donors (Lipinski definition) is 2. The molecule has 1 rings (SSSR count). The van der Waals surface area contributed by atoms with Gasteiger partial charge in [-0.15, -0.1) is 24.0 Å². The molecule has 0 atom stereocenters. The monoisotopic (exact) mass is 510 g/mol. The van der Waals surface area contributed by atoms with Crippen LogP contribution >= 0.6 is 39.9 Å². The van der Waals surface area contributed by atoms with E-state index in [2.05, 4.69) is 48.6 Å². The molecule has 0 spiro atoms. The molecule has 1 aromatic rings. The Morgan fingerprint density at radius 1 is 1.29 bits per heavy atom. The summed E-state index contributed by atoms with van der Waals surface area (Å²) in [5.74, 6) is 0.792. The summed E-state index contributed by atoms with van der Waals surface area (Å²) in [5, 5.41) is 5.97. The van der Waals surface area contributed by atoms with Crippen molar-refractivity contribution < 1.29 is 4.79 Å². The molecule has 0 radical (unpaired) electrons. The topological polar surface area (TPSA) is 56.7 Å². The lowest BCUT2D eigenvalue weighted by Crippen LogP contribution is -2.41. The van der Waals surface area contributed by atoms with Crippen molar-refractivity contribution in [2.45, 2.75) is 27.3 Å². The van der Waals surface area contributed by atoms with Crippen molar-refractivity contribution in [3.05, 3.63) is 34.3 Å². The summed E-state index contributed by atoms with van der Waals surface area (Å²) in [5.41, 5.74) is 0.667. The number of benzene rings is 1. The Balaban J connectivity index is 0.00000529. The van der Waals surface area contributed by atoms with E-state index in [1.54, 1.807) is 7.05 Å². The smallest absolute Gasteiger partial charge is 0.227 e. The number of amides is 1. The molecule has 0 saturated heterocycles. The lowest BCUT2D eigenvalue weighted by molar-refractivity contribution is -0.128. The molecular weight excluding hydrogens is 483 g/mol. The third kappa shape index (κ3) is 7.38. The third-order valence-electron chi connectivity index (χ3n) is 3.50. The summed E-state index contributed by atoms with van der Waals surface area (Å²) in [6, 6.07) is 8.22. The molecular formula is C17H28BrIN4O. The first-order valence-corrected chi connectivity index (χ1v) is 8.55. The zero-order chi connectivity index (χ0) is 17.5. The Morgan fingerprint density at radius 3 is 2.38 bits per heavy atom. The van der Waals surface area contributed by atoms with Gasteiger partial charge in [0.15, 0.2) is 5.96 Å². The molecule has 0 saturated carbocycles. The van der Waals surface area contributed by atoms with E-state index in [9.17, 15) is 4.79 Å². The van der Waals surface area contributed by atoms with Gasteiger partial charge in [0, 0.05) is 31.7 Å². The summed E-state index contributed by atoms with van der Waals surface area (Å²) in [4.78, 5) is 18.6. The largest absolute Gasteiger partial charge is 0.359 e. The number of guanidine groups is 1.